The number of hydrogen-bond acceptors (Lipinski definition) is 9. The summed E-state index contributed by atoms with van der Waals surface area (Å²) in [6.07, 6.45) is -0.279. The van der Waals surface area contributed by atoms with Gasteiger partial charge in [0.15, 0.2) is 0 Å². The molecule has 0 aliphatic heterocycles. The molecule has 0 saturated carbocycles. The number of hydrogen-bond donors (Lipinski definition) is 5. The zero-order valence-electron chi connectivity index (χ0n) is 12.7. The van der Waals surface area contributed by atoms with Gasteiger partial charge in [0.2, 0.25) is 17.7 Å². The number of rotatable bonds is 14. The van der Waals surface area contributed by atoms with Crippen LogP contribution >= 0.6 is 0 Å². The summed E-state index contributed by atoms with van der Waals surface area (Å²) in [5.41, 5.74) is 19.9. The molecule has 134 valence electrons. The number of nitrogens with one attached hydrogen (secondary N) is 2. The SMILES string of the molecule is NC(=O)C[C@@H](C=O)NN(N[C@H](C=O)CC(N)=O)[C@H](C=O)CC(N)=O. The van der Waals surface area contributed by atoms with E-state index in [-0.39, 0.29) is 0 Å². The Morgan fingerprint density at radius 3 is 1.38 bits per heavy atom. The van der Waals surface area contributed by atoms with Crippen LogP contribution in [-0.2, 0) is 28.8 Å². The third-order valence-electron chi connectivity index (χ3n) is 2.68. The zero-order valence-corrected chi connectivity index (χ0v) is 12.7. The van der Waals surface area contributed by atoms with Crippen LogP contribution in [0.4, 0.5) is 0 Å². The van der Waals surface area contributed by atoms with Crippen LogP contribution in [0.15, 0.2) is 0 Å². The highest BCUT2D eigenvalue weighted by atomic mass is 16.2. The molecular formula is C12H20N6O6. The van der Waals surface area contributed by atoms with E-state index in [2.05, 4.69) is 10.9 Å². The number of primary amides is 3. The molecule has 8 N–H and O–H groups in total. The van der Waals surface area contributed by atoms with E-state index in [1.807, 2.05) is 0 Å². The van der Waals surface area contributed by atoms with Crippen molar-refractivity contribution in [1.29, 1.82) is 0 Å². The monoisotopic (exact) mass is 344 g/mol. The Hall–Kier alpha value is -2.70. The molecule has 0 bridgehead atoms. The van der Waals surface area contributed by atoms with E-state index in [0.717, 1.165) is 5.12 Å². The molecule has 0 radical (unpaired) electrons. The van der Waals surface area contributed by atoms with Crippen molar-refractivity contribution in [2.24, 2.45) is 17.2 Å². The van der Waals surface area contributed by atoms with Crippen LogP contribution in [-0.4, -0.2) is 59.8 Å². The molecule has 0 spiro atoms. The zero-order chi connectivity index (χ0) is 18.7. The van der Waals surface area contributed by atoms with Crippen molar-refractivity contribution in [3.8, 4) is 0 Å². The van der Waals surface area contributed by atoms with Crippen molar-refractivity contribution >= 4 is 36.6 Å². The number of amides is 3. The molecule has 0 aromatic rings. The molecule has 0 aliphatic rings. The normalized spacial score (nSPS) is 14.4. The number of nitrogens with two attached hydrogens (primary N) is 3. The Labute approximate surface area is 137 Å². The van der Waals surface area contributed by atoms with Gasteiger partial charge in [-0.2, -0.15) is 5.12 Å². The van der Waals surface area contributed by atoms with E-state index < -0.39 is 55.1 Å². The third-order valence-corrected chi connectivity index (χ3v) is 2.68. The summed E-state index contributed by atoms with van der Waals surface area (Å²) in [7, 11) is 0. The summed E-state index contributed by atoms with van der Waals surface area (Å²) in [5.74, 6) is -2.45. The summed E-state index contributed by atoms with van der Waals surface area (Å²) >= 11 is 0. The van der Waals surface area contributed by atoms with Crippen molar-refractivity contribution in [1.82, 2.24) is 16.0 Å². The lowest BCUT2D eigenvalue weighted by atomic mass is 10.2. The Morgan fingerprint density at radius 2 is 1.12 bits per heavy atom. The maximum absolute atomic E-state index is 11.2. The first-order valence-electron chi connectivity index (χ1n) is 6.75. The molecule has 0 rings (SSSR count). The van der Waals surface area contributed by atoms with Gasteiger partial charge in [-0.15, -0.1) is 0 Å². The Bertz CT molecular complexity index is 468. The van der Waals surface area contributed by atoms with Crippen LogP contribution in [0.5, 0.6) is 0 Å². The van der Waals surface area contributed by atoms with Gasteiger partial charge in [-0.1, -0.05) is 0 Å². The highest BCUT2D eigenvalue weighted by Gasteiger charge is 2.26. The minimum Gasteiger partial charge on any atom is -0.370 e. The van der Waals surface area contributed by atoms with Crippen LogP contribution in [0.1, 0.15) is 19.3 Å². The number of hydrazine groups is 2. The van der Waals surface area contributed by atoms with Crippen LogP contribution in [0.3, 0.4) is 0 Å². The van der Waals surface area contributed by atoms with E-state index in [4.69, 9.17) is 17.2 Å². The molecule has 12 nitrogen and oxygen atoms in total. The largest absolute Gasteiger partial charge is 0.370 e. The van der Waals surface area contributed by atoms with Gasteiger partial charge in [0.25, 0.3) is 0 Å². The summed E-state index contributed by atoms with van der Waals surface area (Å²) in [5, 5.41) is 0.849. The van der Waals surface area contributed by atoms with Crippen molar-refractivity contribution in [2.45, 2.75) is 37.4 Å². The van der Waals surface area contributed by atoms with Gasteiger partial charge < -0.3 is 31.6 Å². The Balaban J connectivity index is 5.30. The lowest BCUT2D eigenvalue weighted by Crippen LogP contribution is -2.62. The Morgan fingerprint density at radius 1 is 0.750 bits per heavy atom. The molecule has 24 heavy (non-hydrogen) atoms. The Kier molecular flexibility index (Phi) is 9.70. The topological polar surface area (TPSA) is 208 Å². The smallest absolute Gasteiger partial charge is 0.219 e. The average molecular weight is 344 g/mol. The van der Waals surface area contributed by atoms with Crippen molar-refractivity contribution < 1.29 is 28.8 Å². The fourth-order valence-electron chi connectivity index (χ4n) is 1.67. The van der Waals surface area contributed by atoms with Gasteiger partial charge in [-0.05, 0) is 0 Å². The maximum Gasteiger partial charge on any atom is 0.219 e. The molecule has 0 saturated heterocycles. The molecule has 0 aromatic heterocycles. The number of carbonyl (C=O) groups is 6. The average Bonchev–Trinajstić information content (AvgIpc) is 2.49. The van der Waals surface area contributed by atoms with Crippen LogP contribution in [0.2, 0.25) is 0 Å². The van der Waals surface area contributed by atoms with Crippen molar-refractivity contribution in [2.75, 3.05) is 0 Å². The van der Waals surface area contributed by atoms with Gasteiger partial charge in [0, 0.05) is 12.8 Å². The van der Waals surface area contributed by atoms with E-state index >= 15 is 0 Å². The second-order valence-electron chi connectivity index (χ2n) is 4.83. The highest BCUT2D eigenvalue weighted by molar-refractivity contribution is 5.80. The van der Waals surface area contributed by atoms with Gasteiger partial charge >= 0.3 is 0 Å². The first-order valence-corrected chi connectivity index (χ1v) is 6.75. The van der Waals surface area contributed by atoms with Crippen molar-refractivity contribution in [3.63, 3.8) is 0 Å². The van der Waals surface area contributed by atoms with Gasteiger partial charge in [-0.25, -0.2) is 10.9 Å². The fraction of sp³-hybridized carbons (Fsp3) is 0.500. The molecule has 3 amide bonds. The first-order chi connectivity index (χ1) is 11.2. The molecule has 3 atom stereocenters. The lowest BCUT2D eigenvalue weighted by Gasteiger charge is -2.32. The maximum atomic E-state index is 11.2. The molecule has 0 unspecified atom stereocenters. The third kappa shape index (κ3) is 8.67. The van der Waals surface area contributed by atoms with Crippen LogP contribution in [0.25, 0.3) is 0 Å². The molecule has 0 aromatic carbocycles. The van der Waals surface area contributed by atoms with E-state index in [9.17, 15) is 28.8 Å². The summed E-state index contributed by atoms with van der Waals surface area (Å²) in [6.45, 7) is 0. The van der Waals surface area contributed by atoms with Crippen LogP contribution in [0, 0.1) is 0 Å². The molecule has 0 fully saturated rings. The molecule has 0 heterocycles. The van der Waals surface area contributed by atoms with Crippen molar-refractivity contribution in [3.05, 3.63) is 0 Å². The lowest BCUT2D eigenvalue weighted by molar-refractivity contribution is -0.130. The van der Waals surface area contributed by atoms with E-state index in [1.54, 1.807) is 0 Å². The van der Waals surface area contributed by atoms with Gasteiger partial charge in [0.05, 0.1) is 18.5 Å². The quantitative estimate of drug-likeness (QED) is 0.152. The van der Waals surface area contributed by atoms with E-state index in [1.165, 1.54) is 0 Å². The number of nitrogens with zero attached hydrogens (tertiary/aromatic N) is 1. The predicted molar refractivity (Wildman–Crippen MR) is 79.1 cm³/mol. The minimum atomic E-state index is -1.23. The fourth-order valence-corrected chi connectivity index (χ4v) is 1.67. The second kappa shape index (κ2) is 10.9. The standard InChI is InChI=1S/C12H20N6O6/c13-10(22)1-7(4-19)16-18(9(6-21)3-12(15)24)17-8(5-20)2-11(14)23/h4-9,16-17H,1-3H2,(H2,13,22)(H2,14,23)(H2,15,24)/t7-,8-,9-/m0/s1. The predicted octanol–water partition coefficient (Wildman–Crippen LogP) is -4.37. The second-order valence-corrected chi connectivity index (χ2v) is 4.83. The molecule has 12 heteroatoms. The summed E-state index contributed by atoms with van der Waals surface area (Å²) in [6, 6.07) is -3.52. The van der Waals surface area contributed by atoms with Crippen LogP contribution < -0.4 is 28.1 Å². The first kappa shape index (κ1) is 21.3. The molecular weight excluding hydrogens is 324 g/mol. The summed E-state index contributed by atoms with van der Waals surface area (Å²) < 4.78 is 0. The number of aldehydes is 3. The highest BCUT2D eigenvalue weighted by Crippen LogP contribution is 2.01. The van der Waals surface area contributed by atoms with Gasteiger partial charge in [0.1, 0.15) is 24.9 Å². The van der Waals surface area contributed by atoms with Gasteiger partial charge in [-0.3, -0.25) is 14.4 Å². The minimum absolute atomic E-state index is 0.322. The summed E-state index contributed by atoms with van der Waals surface area (Å²) in [4.78, 5) is 66.0. The van der Waals surface area contributed by atoms with E-state index in [0.29, 0.717) is 18.9 Å². The molecule has 0 aliphatic carbocycles. The number of carbonyl (C=O) groups excluding carboxylic acids is 6.